The Morgan fingerprint density at radius 3 is 2.35 bits per heavy atom. The molecule has 0 aromatic heterocycles. The molecule has 1 aliphatic heterocycles. The van der Waals surface area contributed by atoms with Crippen molar-refractivity contribution < 1.29 is 4.79 Å². The number of benzene rings is 2. The molecule has 1 heterocycles. The van der Waals surface area contributed by atoms with Gasteiger partial charge in [-0.05, 0) is 37.0 Å². The minimum Gasteiger partial charge on any atom is -0.379 e. The van der Waals surface area contributed by atoms with E-state index in [4.69, 9.17) is 0 Å². The molecule has 0 fully saturated rings. The van der Waals surface area contributed by atoms with Crippen LogP contribution in [0.5, 0.6) is 0 Å². The molecule has 2 aromatic carbocycles. The number of rotatable bonds is 4. The van der Waals surface area contributed by atoms with Crippen LogP contribution in [0.15, 0.2) is 66.5 Å². The average molecular weight is 351 g/mol. The maximum atomic E-state index is 13.2. The molecule has 3 rings (SSSR count). The zero-order valence-electron chi connectivity index (χ0n) is 16.4. The predicted molar refractivity (Wildman–Crippen MR) is 109 cm³/mol. The van der Waals surface area contributed by atoms with Crippen LogP contribution >= 0.6 is 0 Å². The molecular weight excluding hydrogens is 320 g/mol. The third-order valence-electron chi connectivity index (χ3n) is 4.46. The quantitative estimate of drug-likeness (QED) is 0.754. The van der Waals surface area contributed by atoms with E-state index in [9.17, 15) is 4.79 Å². The van der Waals surface area contributed by atoms with Gasteiger partial charge >= 0.3 is 0 Å². The standard InChI is InChI=1S/C21H24N2O.C2H6/c1-17-9-6-7-13-20(17)21(24)23(15-18-10-4-3-5-11-18)19-12-8-14-22(2)16-19;1-2/h3-7,9-11,13,16H,8,12,14-15H2,1-2H3;1-2H3. The summed E-state index contributed by atoms with van der Waals surface area (Å²) in [5.41, 5.74) is 4.04. The maximum absolute atomic E-state index is 13.2. The lowest BCUT2D eigenvalue weighted by atomic mass is 10.0. The topological polar surface area (TPSA) is 23.6 Å². The van der Waals surface area contributed by atoms with Crippen LogP contribution in [0, 0.1) is 6.92 Å². The number of hydrogen-bond acceptors (Lipinski definition) is 2. The average Bonchev–Trinajstić information content (AvgIpc) is 2.68. The molecule has 0 radical (unpaired) electrons. The van der Waals surface area contributed by atoms with Crippen LogP contribution in [-0.4, -0.2) is 29.3 Å². The highest BCUT2D eigenvalue weighted by atomic mass is 16.2. The minimum atomic E-state index is 0.0819. The Hall–Kier alpha value is -2.55. The smallest absolute Gasteiger partial charge is 0.258 e. The van der Waals surface area contributed by atoms with Gasteiger partial charge in [-0.15, -0.1) is 0 Å². The molecule has 0 saturated heterocycles. The number of allylic oxidation sites excluding steroid dienone is 1. The Bertz CT molecular complexity index is 737. The van der Waals surface area contributed by atoms with Crippen molar-refractivity contribution in [2.45, 2.75) is 40.2 Å². The van der Waals surface area contributed by atoms with Gasteiger partial charge in [-0.2, -0.15) is 0 Å². The van der Waals surface area contributed by atoms with Gasteiger partial charge in [0.1, 0.15) is 0 Å². The Balaban J connectivity index is 0.00000117. The number of amides is 1. The van der Waals surface area contributed by atoms with E-state index in [1.165, 1.54) is 0 Å². The highest BCUT2D eigenvalue weighted by Crippen LogP contribution is 2.23. The molecule has 3 heteroatoms. The summed E-state index contributed by atoms with van der Waals surface area (Å²) in [7, 11) is 2.07. The van der Waals surface area contributed by atoms with Crippen LogP contribution in [0.25, 0.3) is 0 Å². The fourth-order valence-electron chi connectivity index (χ4n) is 3.13. The van der Waals surface area contributed by atoms with E-state index >= 15 is 0 Å². The van der Waals surface area contributed by atoms with Gasteiger partial charge in [0.15, 0.2) is 0 Å². The molecule has 0 bridgehead atoms. The number of hydrogen-bond donors (Lipinski definition) is 0. The van der Waals surface area contributed by atoms with Gasteiger partial charge in [0.2, 0.25) is 0 Å². The van der Waals surface area contributed by atoms with E-state index in [-0.39, 0.29) is 5.91 Å². The van der Waals surface area contributed by atoms with Crippen molar-refractivity contribution in [3.63, 3.8) is 0 Å². The number of nitrogens with zero attached hydrogens (tertiary/aromatic N) is 2. The molecule has 1 aliphatic rings. The van der Waals surface area contributed by atoms with Crippen molar-refractivity contribution in [3.05, 3.63) is 83.2 Å². The Kier molecular flexibility index (Phi) is 7.46. The molecule has 0 spiro atoms. The SMILES string of the molecule is CC.Cc1ccccc1C(=O)N(Cc1ccccc1)C1=CN(C)CCC1. The maximum Gasteiger partial charge on any atom is 0.258 e. The molecule has 2 aromatic rings. The number of carbonyl (C=O) groups excluding carboxylic acids is 1. The van der Waals surface area contributed by atoms with Crippen LogP contribution in [-0.2, 0) is 6.54 Å². The normalized spacial score (nSPS) is 13.4. The molecule has 0 saturated carbocycles. The summed E-state index contributed by atoms with van der Waals surface area (Å²) in [5.74, 6) is 0.0819. The van der Waals surface area contributed by atoms with Gasteiger partial charge in [-0.25, -0.2) is 0 Å². The van der Waals surface area contributed by atoms with E-state index in [1.54, 1.807) is 0 Å². The third kappa shape index (κ3) is 4.98. The van der Waals surface area contributed by atoms with Crippen LogP contribution < -0.4 is 0 Å². The van der Waals surface area contributed by atoms with Gasteiger partial charge in [-0.3, -0.25) is 4.79 Å². The van der Waals surface area contributed by atoms with Crippen molar-refractivity contribution >= 4 is 5.91 Å². The lowest BCUT2D eigenvalue weighted by Crippen LogP contribution is -2.34. The Labute approximate surface area is 157 Å². The van der Waals surface area contributed by atoms with Crippen LogP contribution in [0.1, 0.15) is 48.2 Å². The lowest BCUT2D eigenvalue weighted by Gasteiger charge is -2.31. The second kappa shape index (κ2) is 9.81. The molecule has 0 unspecified atom stereocenters. The number of aryl methyl sites for hydroxylation is 1. The van der Waals surface area contributed by atoms with Crippen molar-refractivity contribution in [2.75, 3.05) is 13.6 Å². The summed E-state index contributed by atoms with van der Waals surface area (Å²) in [6, 6.07) is 18.0. The first-order valence-corrected chi connectivity index (χ1v) is 9.47. The van der Waals surface area contributed by atoms with E-state index in [1.807, 2.05) is 68.1 Å². The van der Waals surface area contributed by atoms with Crippen LogP contribution in [0.3, 0.4) is 0 Å². The van der Waals surface area contributed by atoms with Crippen molar-refractivity contribution in [1.82, 2.24) is 9.80 Å². The second-order valence-corrected chi connectivity index (χ2v) is 6.40. The van der Waals surface area contributed by atoms with Crippen molar-refractivity contribution in [2.24, 2.45) is 0 Å². The third-order valence-corrected chi connectivity index (χ3v) is 4.46. The van der Waals surface area contributed by atoms with Crippen molar-refractivity contribution in [1.29, 1.82) is 0 Å². The summed E-state index contributed by atoms with van der Waals surface area (Å²) in [5, 5.41) is 0. The zero-order valence-corrected chi connectivity index (χ0v) is 16.4. The van der Waals surface area contributed by atoms with Crippen molar-refractivity contribution in [3.8, 4) is 0 Å². The molecule has 1 amide bonds. The summed E-state index contributed by atoms with van der Waals surface area (Å²) < 4.78 is 0. The van der Waals surface area contributed by atoms with Gasteiger partial charge in [0, 0.05) is 31.1 Å². The van der Waals surface area contributed by atoms with Crippen LogP contribution in [0.2, 0.25) is 0 Å². The van der Waals surface area contributed by atoms with E-state index in [0.29, 0.717) is 6.54 Å². The molecule has 3 nitrogen and oxygen atoms in total. The highest BCUT2D eigenvalue weighted by Gasteiger charge is 2.23. The Morgan fingerprint density at radius 2 is 1.69 bits per heavy atom. The second-order valence-electron chi connectivity index (χ2n) is 6.40. The van der Waals surface area contributed by atoms with Gasteiger partial charge in [0.05, 0.1) is 6.54 Å². The van der Waals surface area contributed by atoms with Crippen LogP contribution in [0.4, 0.5) is 0 Å². The van der Waals surface area contributed by atoms with Gasteiger partial charge in [-0.1, -0.05) is 62.4 Å². The number of carbonyl (C=O) groups is 1. The summed E-state index contributed by atoms with van der Waals surface area (Å²) in [6.45, 7) is 7.64. The first kappa shape index (κ1) is 19.8. The fourth-order valence-corrected chi connectivity index (χ4v) is 3.13. The predicted octanol–water partition coefficient (Wildman–Crippen LogP) is 5.23. The molecular formula is C23H30N2O. The summed E-state index contributed by atoms with van der Waals surface area (Å²) >= 11 is 0. The zero-order chi connectivity index (χ0) is 18.9. The fraction of sp³-hybridized carbons (Fsp3) is 0.348. The lowest BCUT2D eigenvalue weighted by molar-refractivity contribution is 0.0782. The van der Waals surface area contributed by atoms with E-state index in [0.717, 1.165) is 41.8 Å². The molecule has 26 heavy (non-hydrogen) atoms. The molecule has 0 atom stereocenters. The monoisotopic (exact) mass is 350 g/mol. The molecule has 0 aliphatic carbocycles. The minimum absolute atomic E-state index is 0.0819. The molecule has 0 N–H and O–H groups in total. The van der Waals surface area contributed by atoms with Gasteiger partial charge < -0.3 is 9.80 Å². The van der Waals surface area contributed by atoms with Gasteiger partial charge in [0.25, 0.3) is 5.91 Å². The largest absolute Gasteiger partial charge is 0.379 e. The summed E-state index contributed by atoms with van der Waals surface area (Å²) in [6.07, 6.45) is 4.13. The van der Waals surface area contributed by atoms with E-state index < -0.39 is 0 Å². The summed E-state index contributed by atoms with van der Waals surface area (Å²) in [4.78, 5) is 17.3. The Morgan fingerprint density at radius 1 is 1.04 bits per heavy atom. The first-order chi connectivity index (χ1) is 12.6. The van der Waals surface area contributed by atoms with E-state index in [2.05, 4.69) is 30.3 Å². The molecule has 138 valence electrons. The highest BCUT2D eigenvalue weighted by molar-refractivity contribution is 5.96. The first-order valence-electron chi connectivity index (χ1n) is 9.47.